The summed E-state index contributed by atoms with van der Waals surface area (Å²) in [6.07, 6.45) is 1.39. The molecule has 0 aromatic carbocycles. The van der Waals surface area contributed by atoms with Crippen LogP contribution in [0.5, 0.6) is 0 Å². The van der Waals surface area contributed by atoms with E-state index in [0.29, 0.717) is 13.1 Å². The van der Waals surface area contributed by atoms with Crippen LogP contribution in [0.15, 0.2) is 10.7 Å². The molecule has 2 heterocycles. The molecule has 0 bridgehead atoms. The molecule has 0 fully saturated rings. The van der Waals surface area contributed by atoms with Gasteiger partial charge in [-0.05, 0) is 36.7 Å². The number of carbonyl (C=O) groups excluding carboxylic acids is 2. The largest absolute Gasteiger partial charge is 0.289 e. The van der Waals surface area contributed by atoms with Gasteiger partial charge in [0, 0.05) is 12.2 Å². The van der Waals surface area contributed by atoms with E-state index < -0.39 is 11.8 Å². The van der Waals surface area contributed by atoms with Gasteiger partial charge < -0.3 is 0 Å². The highest BCUT2D eigenvalue weighted by Gasteiger charge is 2.20. The Morgan fingerprint density at radius 2 is 2.00 bits per heavy atom. The predicted octanol–water partition coefficient (Wildman–Crippen LogP) is 2.23. The number of aromatic nitrogens is 4. The number of hydrazine groups is 1. The molecule has 2 amide bonds. The maximum absolute atomic E-state index is 12.2. The minimum Gasteiger partial charge on any atom is -0.273 e. The molecule has 0 saturated carbocycles. The summed E-state index contributed by atoms with van der Waals surface area (Å²) in [4.78, 5) is 24.4. The number of rotatable bonds is 5. The van der Waals surface area contributed by atoms with E-state index in [1.54, 1.807) is 11.6 Å². The van der Waals surface area contributed by atoms with E-state index >= 15 is 0 Å². The summed E-state index contributed by atoms with van der Waals surface area (Å²) in [6.45, 7) is 8.30. The smallest absolute Gasteiger partial charge is 0.273 e. The molecule has 0 spiro atoms. The Kier molecular flexibility index (Phi) is 6.23. The molecule has 0 unspecified atom stereocenters. The van der Waals surface area contributed by atoms with E-state index in [4.69, 9.17) is 11.6 Å². The van der Waals surface area contributed by atoms with Crippen molar-refractivity contribution in [3.05, 3.63) is 32.8 Å². The molecule has 136 valence electrons. The third-order valence-corrected chi connectivity index (χ3v) is 5.22. The molecule has 2 rings (SSSR count). The summed E-state index contributed by atoms with van der Waals surface area (Å²) in [6, 6.07) is 0. The first-order valence-corrected chi connectivity index (χ1v) is 8.94. The van der Waals surface area contributed by atoms with Crippen molar-refractivity contribution in [1.29, 1.82) is 0 Å². The van der Waals surface area contributed by atoms with Crippen molar-refractivity contribution in [3.63, 3.8) is 0 Å². The van der Waals surface area contributed by atoms with Crippen LogP contribution in [-0.2, 0) is 17.9 Å². The SMILES string of the molecule is CCn1ncc(Cl)c1C(=O)NNC(=O)[C@H](C)Cn1nc(C)c(Br)c1C. The van der Waals surface area contributed by atoms with Gasteiger partial charge in [0.1, 0.15) is 5.69 Å². The molecule has 25 heavy (non-hydrogen) atoms. The fourth-order valence-corrected chi connectivity index (χ4v) is 2.83. The first-order valence-electron chi connectivity index (χ1n) is 7.77. The normalized spacial score (nSPS) is 12.1. The molecule has 0 aliphatic rings. The fraction of sp³-hybridized carbons (Fsp3) is 0.467. The highest BCUT2D eigenvalue weighted by Crippen LogP contribution is 2.20. The van der Waals surface area contributed by atoms with Crippen LogP contribution in [0.25, 0.3) is 0 Å². The van der Waals surface area contributed by atoms with Crippen molar-refractivity contribution in [3.8, 4) is 0 Å². The van der Waals surface area contributed by atoms with Crippen LogP contribution in [0, 0.1) is 19.8 Å². The average Bonchev–Trinajstić information content (AvgIpc) is 3.07. The van der Waals surface area contributed by atoms with E-state index in [2.05, 4.69) is 37.0 Å². The average molecular weight is 432 g/mol. The Morgan fingerprint density at radius 3 is 2.56 bits per heavy atom. The maximum atomic E-state index is 12.2. The summed E-state index contributed by atoms with van der Waals surface area (Å²) in [5, 5.41) is 8.60. The zero-order chi connectivity index (χ0) is 18.7. The molecular formula is C15H20BrClN6O2. The quantitative estimate of drug-likeness (QED) is 0.710. The Balaban J connectivity index is 1.96. The lowest BCUT2D eigenvalue weighted by molar-refractivity contribution is -0.125. The van der Waals surface area contributed by atoms with Gasteiger partial charge in [0.05, 0.1) is 33.8 Å². The first-order chi connectivity index (χ1) is 11.8. The third-order valence-electron chi connectivity index (χ3n) is 3.80. The van der Waals surface area contributed by atoms with Crippen molar-refractivity contribution in [2.24, 2.45) is 5.92 Å². The second kappa shape index (κ2) is 8.01. The maximum Gasteiger partial charge on any atom is 0.289 e. The van der Waals surface area contributed by atoms with Crippen molar-refractivity contribution in [2.45, 2.75) is 40.8 Å². The van der Waals surface area contributed by atoms with Crippen LogP contribution in [0.2, 0.25) is 5.02 Å². The van der Waals surface area contributed by atoms with Gasteiger partial charge in [-0.15, -0.1) is 0 Å². The van der Waals surface area contributed by atoms with Gasteiger partial charge in [-0.1, -0.05) is 18.5 Å². The van der Waals surface area contributed by atoms with Gasteiger partial charge in [-0.3, -0.25) is 29.8 Å². The summed E-state index contributed by atoms with van der Waals surface area (Å²) >= 11 is 9.42. The summed E-state index contributed by atoms with van der Waals surface area (Å²) in [7, 11) is 0. The summed E-state index contributed by atoms with van der Waals surface area (Å²) in [5.41, 5.74) is 6.81. The third kappa shape index (κ3) is 4.21. The minimum atomic E-state index is -0.515. The van der Waals surface area contributed by atoms with Gasteiger partial charge in [0.25, 0.3) is 5.91 Å². The Morgan fingerprint density at radius 1 is 1.32 bits per heavy atom. The van der Waals surface area contributed by atoms with Crippen LogP contribution in [0.1, 0.15) is 35.7 Å². The van der Waals surface area contributed by atoms with E-state index in [-0.39, 0.29) is 16.6 Å². The van der Waals surface area contributed by atoms with E-state index in [0.717, 1.165) is 15.9 Å². The molecule has 0 aliphatic heterocycles. The fourth-order valence-electron chi connectivity index (χ4n) is 2.32. The van der Waals surface area contributed by atoms with E-state index in [9.17, 15) is 9.59 Å². The lowest BCUT2D eigenvalue weighted by Crippen LogP contribution is -2.45. The zero-order valence-electron chi connectivity index (χ0n) is 14.4. The lowest BCUT2D eigenvalue weighted by atomic mass is 10.1. The standard InChI is InChI=1S/C15H20BrClN6O2/c1-5-22-13(11(17)6-18-22)15(25)20-19-14(24)8(2)7-23-10(4)12(16)9(3)21-23/h6,8H,5,7H2,1-4H3,(H,19,24)(H,20,25)/t8-/m1/s1. The topological polar surface area (TPSA) is 93.8 Å². The van der Waals surface area contributed by atoms with Gasteiger partial charge in [-0.25, -0.2) is 0 Å². The molecular weight excluding hydrogens is 412 g/mol. The molecule has 0 radical (unpaired) electrons. The highest BCUT2D eigenvalue weighted by atomic mass is 79.9. The van der Waals surface area contributed by atoms with Gasteiger partial charge in [-0.2, -0.15) is 10.2 Å². The number of amides is 2. The van der Waals surface area contributed by atoms with Crippen molar-refractivity contribution in [2.75, 3.05) is 0 Å². The van der Waals surface area contributed by atoms with Crippen LogP contribution < -0.4 is 10.9 Å². The highest BCUT2D eigenvalue weighted by molar-refractivity contribution is 9.10. The van der Waals surface area contributed by atoms with Gasteiger partial charge in [0.15, 0.2) is 0 Å². The second-order valence-corrected chi connectivity index (χ2v) is 6.87. The molecule has 2 aromatic rings. The molecule has 10 heteroatoms. The van der Waals surface area contributed by atoms with Crippen LogP contribution in [-0.4, -0.2) is 31.4 Å². The van der Waals surface area contributed by atoms with Gasteiger partial charge >= 0.3 is 0 Å². The summed E-state index contributed by atoms with van der Waals surface area (Å²) in [5.74, 6) is -1.23. The predicted molar refractivity (Wildman–Crippen MR) is 97.1 cm³/mol. The monoisotopic (exact) mass is 430 g/mol. The number of hydrogen-bond acceptors (Lipinski definition) is 4. The number of hydrogen-bond donors (Lipinski definition) is 2. The Hall–Kier alpha value is -1.87. The number of halogens is 2. The minimum absolute atomic E-state index is 0.208. The van der Waals surface area contributed by atoms with E-state index in [1.807, 2.05) is 20.8 Å². The van der Waals surface area contributed by atoms with Crippen LogP contribution in [0.4, 0.5) is 0 Å². The molecule has 2 aromatic heterocycles. The van der Waals surface area contributed by atoms with E-state index in [1.165, 1.54) is 10.9 Å². The molecule has 1 atom stereocenters. The molecule has 0 saturated heterocycles. The summed E-state index contributed by atoms with van der Waals surface area (Å²) < 4.78 is 4.14. The Bertz CT molecular complexity index is 800. The van der Waals surface area contributed by atoms with Crippen molar-refractivity contribution < 1.29 is 9.59 Å². The molecule has 8 nitrogen and oxygen atoms in total. The Labute approximate surface area is 159 Å². The van der Waals surface area contributed by atoms with Crippen LogP contribution >= 0.6 is 27.5 Å². The zero-order valence-corrected chi connectivity index (χ0v) is 16.8. The van der Waals surface area contributed by atoms with Crippen molar-refractivity contribution >= 4 is 39.3 Å². The van der Waals surface area contributed by atoms with Gasteiger partial charge in [0.2, 0.25) is 5.91 Å². The number of carbonyl (C=O) groups is 2. The molecule has 2 N–H and O–H groups in total. The number of nitrogens with one attached hydrogen (secondary N) is 2. The number of nitrogens with zero attached hydrogens (tertiary/aromatic N) is 4. The lowest BCUT2D eigenvalue weighted by Gasteiger charge is -2.14. The second-order valence-electron chi connectivity index (χ2n) is 5.67. The van der Waals surface area contributed by atoms with Crippen molar-refractivity contribution in [1.82, 2.24) is 30.4 Å². The molecule has 0 aliphatic carbocycles. The number of aryl methyl sites for hydroxylation is 2. The first kappa shape index (κ1) is 19.5. The van der Waals surface area contributed by atoms with Crippen LogP contribution in [0.3, 0.4) is 0 Å².